The molecule has 0 aromatic carbocycles. The van der Waals surface area contributed by atoms with Gasteiger partial charge in [-0.2, -0.15) is 0 Å². The highest BCUT2D eigenvalue weighted by atomic mass is 15.1. The fourth-order valence-electron chi connectivity index (χ4n) is 1.77. The van der Waals surface area contributed by atoms with Crippen molar-refractivity contribution in [2.45, 2.75) is 32.7 Å². The normalized spacial score (nSPS) is 12.9. The Morgan fingerprint density at radius 1 is 1.41 bits per heavy atom. The molecular formula is C14H25N3. The Balaban J connectivity index is 2.22. The van der Waals surface area contributed by atoms with E-state index in [-0.39, 0.29) is 0 Å². The molecule has 3 nitrogen and oxygen atoms in total. The third-order valence-corrected chi connectivity index (χ3v) is 3.19. The Morgan fingerprint density at radius 2 is 2.24 bits per heavy atom. The van der Waals surface area contributed by atoms with E-state index in [0.29, 0.717) is 6.04 Å². The summed E-state index contributed by atoms with van der Waals surface area (Å²) in [5.41, 5.74) is 1.18. The van der Waals surface area contributed by atoms with Crippen molar-refractivity contribution in [3.05, 3.63) is 30.1 Å². The molecule has 17 heavy (non-hydrogen) atoms. The number of nitrogens with one attached hydrogen (secondary N) is 1. The van der Waals surface area contributed by atoms with Crippen LogP contribution in [-0.4, -0.2) is 42.6 Å². The van der Waals surface area contributed by atoms with E-state index in [4.69, 9.17) is 0 Å². The summed E-state index contributed by atoms with van der Waals surface area (Å²) in [6, 6.07) is 6.73. The minimum Gasteiger partial charge on any atom is -0.317 e. The van der Waals surface area contributed by atoms with Crippen LogP contribution in [0.15, 0.2) is 24.4 Å². The zero-order valence-electron chi connectivity index (χ0n) is 11.3. The van der Waals surface area contributed by atoms with Gasteiger partial charge in [-0.05, 0) is 45.6 Å². The largest absolute Gasteiger partial charge is 0.317 e. The number of pyridine rings is 1. The topological polar surface area (TPSA) is 28.2 Å². The lowest BCUT2D eigenvalue weighted by molar-refractivity contribution is 0.247. The third kappa shape index (κ3) is 5.80. The number of hydrogen-bond donors (Lipinski definition) is 1. The quantitative estimate of drug-likeness (QED) is 0.698. The lowest BCUT2D eigenvalue weighted by atomic mass is 10.2. The second kappa shape index (κ2) is 8.20. The molecule has 1 atom stereocenters. The maximum Gasteiger partial charge on any atom is 0.0416 e. The summed E-state index contributed by atoms with van der Waals surface area (Å²) in [6.45, 7) is 7.67. The molecule has 0 bridgehead atoms. The highest BCUT2D eigenvalue weighted by molar-refractivity contribution is 5.03. The molecule has 0 radical (unpaired) electrons. The van der Waals surface area contributed by atoms with Gasteiger partial charge < -0.3 is 10.2 Å². The highest BCUT2D eigenvalue weighted by Crippen LogP contribution is 2.03. The van der Waals surface area contributed by atoms with Crippen molar-refractivity contribution in [2.75, 3.05) is 26.7 Å². The molecule has 1 aromatic rings. The Morgan fingerprint density at radius 3 is 2.88 bits per heavy atom. The fraction of sp³-hybridized carbons (Fsp3) is 0.643. The Labute approximate surface area is 105 Å². The van der Waals surface area contributed by atoms with Crippen LogP contribution in [0, 0.1) is 0 Å². The minimum absolute atomic E-state index is 0.623. The zero-order valence-corrected chi connectivity index (χ0v) is 11.3. The average molecular weight is 235 g/mol. The molecule has 0 saturated heterocycles. The molecular weight excluding hydrogens is 210 g/mol. The molecule has 1 N–H and O–H groups in total. The van der Waals surface area contributed by atoms with E-state index in [1.165, 1.54) is 12.1 Å². The molecule has 0 aliphatic carbocycles. The first kappa shape index (κ1) is 14.1. The van der Waals surface area contributed by atoms with Gasteiger partial charge >= 0.3 is 0 Å². The number of nitrogens with zero attached hydrogens (tertiary/aromatic N) is 2. The summed E-state index contributed by atoms with van der Waals surface area (Å²) < 4.78 is 0. The van der Waals surface area contributed by atoms with Gasteiger partial charge in [0.2, 0.25) is 0 Å². The third-order valence-electron chi connectivity index (χ3n) is 3.19. The van der Waals surface area contributed by atoms with Crippen LogP contribution in [0.5, 0.6) is 0 Å². The Bertz CT molecular complexity index is 287. The second-order valence-corrected chi connectivity index (χ2v) is 4.54. The van der Waals surface area contributed by atoms with E-state index >= 15 is 0 Å². The van der Waals surface area contributed by atoms with Crippen molar-refractivity contribution in [3.63, 3.8) is 0 Å². The number of hydrogen-bond acceptors (Lipinski definition) is 3. The minimum atomic E-state index is 0.623. The zero-order chi connectivity index (χ0) is 12.5. The van der Waals surface area contributed by atoms with Gasteiger partial charge in [0.15, 0.2) is 0 Å². The lowest BCUT2D eigenvalue weighted by Crippen LogP contribution is -2.33. The molecule has 96 valence electrons. The summed E-state index contributed by atoms with van der Waals surface area (Å²) in [4.78, 5) is 6.76. The maximum atomic E-state index is 4.35. The van der Waals surface area contributed by atoms with Crippen molar-refractivity contribution in [1.82, 2.24) is 15.2 Å². The summed E-state index contributed by atoms with van der Waals surface area (Å²) in [7, 11) is 2.19. The van der Waals surface area contributed by atoms with Gasteiger partial charge in [-0.25, -0.2) is 0 Å². The summed E-state index contributed by atoms with van der Waals surface area (Å²) in [5, 5.41) is 3.37. The van der Waals surface area contributed by atoms with Crippen molar-refractivity contribution >= 4 is 0 Å². The van der Waals surface area contributed by atoms with Crippen LogP contribution in [0.3, 0.4) is 0 Å². The van der Waals surface area contributed by atoms with E-state index in [0.717, 1.165) is 26.1 Å². The Hall–Kier alpha value is -0.930. The smallest absolute Gasteiger partial charge is 0.0416 e. The first-order chi connectivity index (χ1) is 8.24. The van der Waals surface area contributed by atoms with Crippen molar-refractivity contribution < 1.29 is 0 Å². The molecule has 1 rings (SSSR count). The highest BCUT2D eigenvalue weighted by Gasteiger charge is 2.08. The number of aromatic nitrogens is 1. The van der Waals surface area contributed by atoms with Gasteiger partial charge in [0.25, 0.3) is 0 Å². The van der Waals surface area contributed by atoms with Crippen LogP contribution in [0.25, 0.3) is 0 Å². The summed E-state index contributed by atoms with van der Waals surface area (Å²) in [6.07, 6.45) is 4.10. The fourth-order valence-corrected chi connectivity index (χ4v) is 1.77. The average Bonchev–Trinajstić information content (AvgIpc) is 2.37. The molecule has 1 aromatic heterocycles. The monoisotopic (exact) mass is 235 g/mol. The van der Waals surface area contributed by atoms with Gasteiger partial charge in [-0.1, -0.05) is 13.0 Å². The molecule has 1 heterocycles. The van der Waals surface area contributed by atoms with Gasteiger partial charge in [0, 0.05) is 30.9 Å². The lowest BCUT2D eigenvalue weighted by Gasteiger charge is -2.24. The molecule has 0 saturated carbocycles. The molecule has 0 aliphatic rings. The van der Waals surface area contributed by atoms with Crippen LogP contribution in [0.2, 0.25) is 0 Å². The first-order valence-electron chi connectivity index (χ1n) is 6.55. The predicted molar refractivity (Wildman–Crippen MR) is 73.2 cm³/mol. The van der Waals surface area contributed by atoms with Crippen LogP contribution in [0.4, 0.5) is 0 Å². The van der Waals surface area contributed by atoms with E-state index < -0.39 is 0 Å². The van der Waals surface area contributed by atoms with Crippen molar-refractivity contribution in [2.24, 2.45) is 0 Å². The van der Waals surface area contributed by atoms with Gasteiger partial charge in [-0.3, -0.25) is 4.98 Å². The van der Waals surface area contributed by atoms with Gasteiger partial charge in [0.1, 0.15) is 0 Å². The molecule has 0 spiro atoms. The molecule has 0 aliphatic heterocycles. The molecule has 0 fully saturated rings. The van der Waals surface area contributed by atoms with Crippen LogP contribution in [-0.2, 0) is 6.42 Å². The maximum absolute atomic E-state index is 4.35. The van der Waals surface area contributed by atoms with Crippen LogP contribution >= 0.6 is 0 Å². The van der Waals surface area contributed by atoms with E-state index in [9.17, 15) is 0 Å². The van der Waals surface area contributed by atoms with Crippen molar-refractivity contribution in [3.8, 4) is 0 Å². The van der Waals surface area contributed by atoms with Gasteiger partial charge in [0.05, 0.1) is 0 Å². The number of rotatable bonds is 8. The molecule has 3 heteroatoms. The van der Waals surface area contributed by atoms with E-state index in [2.05, 4.69) is 48.2 Å². The first-order valence-corrected chi connectivity index (χ1v) is 6.55. The predicted octanol–water partition coefficient (Wildman–Crippen LogP) is 1.94. The second-order valence-electron chi connectivity index (χ2n) is 4.54. The van der Waals surface area contributed by atoms with E-state index in [1.807, 2.05) is 12.3 Å². The SMILES string of the molecule is CCNCCC(C)N(C)CCc1ccccn1. The van der Waals surface area contributed by atoms with Crippen molar-refractivity contribution in [1.29, 1.82) is 0 Å². The standard InChI is InChI=1S/C14H25N3/c1-4-15-11-8-13(2)17(3)12-9-14-7-5-6-10-16-14/h5-7,10,13,15H,4,8-9,11-12H2,1-3H3. The van der Waals surface area contributed by atoms with Crippen LogP contribution < -0.4 is 5.32 Å². The van der Waals surface area contributed by atoms with Crippen LogP contribution in [0.1, 0.15) is 26.0 Å². The van der Waals surface area contributed by atoms with Gasteiger partial charge in [-0.15, -0.1) is 0 Å². The molecule has 0 amide bonds. The summed E-state index contributed by atoms with van der Waals surface area (Å²) in [5.74, 6) is 0. The van der Waals surface area contributed by atoms with E-state index in [1.54, 1.807) is 0 Å². The Kier molecular flexibility index (Phi) is 6.82. The molecule has 1 unspecified atom stereocenters. The summed E-state index contributed by atoms with van der Waals surface area (Å²) >= 11 is 0. The number of likely N-dealkylation sites (N-methyl/N-ethyl adjacent to an activating group) is 1.